The molecule has 1 N–H and O–H groups in total. The van der Waals surface area contributed by atoms with E-state index in [4.69, 9.17) is 0 Å². The average molecular weight is 302 g/mol. The summed E-state index contributed by atoms with van der Waals surface area (Å²) >= 11 is 0. The Morgan fingerprint density at radius 2 is 1.95 bits per heavy atom. The summed E-state index contributed by atoms with van der Waals surface area (Å²) in [6.45, 7) is 4.47. The van der Waals surface area contributed by atoms with Gasteiger partial charge in [-0.05, 0) is 93.0 Å². The SMILES string of the molecule is C[C@H](O)[C@@H]1CC[C@@H]2[C@@H]3CCC4=CC(=O)CC[C@@H]4[C@H]3CC[C@@]21C. The van der Waals surface area contributed by atoms with E-state index in [1.165, 1.54) is 37.7 Å². The van der Waals surface area contributed by atoms with Crippen molar-refractivity contribution >= 4 is 5.78 Å². The van der Waals surface area contributed by atoms with Crippen molar-refractivity contribution in [2.45, 2.75) is 71.3 Å². The van der Waals surface area contributed by atoms with Gasteiger partial charge in [0.15, 0.2) is 5.78 Å². The third-order valence-electron chi connectivity index (χ3n) is 7.96. The molecule has 0 radical (unpaired) electrons. The summed E-state index contributed by atoms with van der Waals surface area (Å²) in [7, 11) is 0. The first-order chi connectivity index (χ1) is 10.5. The van der Waals surface area contributed by atoms with Crippen LogP contribution < -0.4 is 0 Å². The second-order valence-corrected chi connectivity index (χ2v) is 8.77. The van der Waals surface area contributed by atoms with Crippen LogP contribution in [0.4, 0.5) is 0 Å². The van der Waals surface area contributed by atoms with E-state index in [1.807, 2.05) is 13.0 Å². The number of ketones is 1. The molecule has 4 aliphatic rings. The van der Waals surface area contributed by atoms with Gasteiger partial charge in [-0.25, -0.2) is 0 Å². The maximum atomic E-state index is 11.7. The highest BCUT2D eigenvalue weighted by Crippen LogP contribution is 2.64. The van der Waals surface area contributed by atoms with Crippen LogP contribution in [0.1, 0.15) is 65.2 Å². The Kier molecular flexibility index (Phi) is 3.52. The lowest BCUT2D eigenvalue weighted by Crippen LogP contribution is -2.47. The average Bonchev–Trinajstić information content (AvgIpc) is 2.84. The lowest BCUT2D eigenvalue weighted by Gasteiger charge is -2.54. The quantitative estimate of drug-likeness (QED) is 0.791. The van der Waals surface area contributed by atoms with E-state index < -0.39 is 0 Å². The van der Waals surface area contributed by atoms with Crippen LogP contribution in [0.15, 0.2) is 11.6 Å². The van der Waals surface area contributed by atoms with Crippen molar-refractivity contribution in [3.8, 4) is 0 Å². The first-order valence-electron chi connectivity index (χ1n) is 9.42. The number of carbonyl (C=O) groups is 1. The molecule has 0 aliphatic heterocycles. The van der Waals surface area contributed by atoms with E-state index in [0.29, 0.717) is 23.0 Å². The third-order valence-corrected chi connectivity index (χ3v) is 7.96. The number of allylic oxidation sites excluding steroid dienone is 1. The van der Waals surface area contributed by atoms with Crippen molar-refractivity contribution in [3.63, 3.8) is 0 Å². The van der Waals surface area contributed by atoms with E-state index in [-0.39, 0.29) is 6.10 Å². The zero-order chi connectivity index (χ0) is 15.5. The number of hydrogen-bond donors (Lipinski definition) is 1. The predicted octanol–water partition coefficient (Wildman–Crippen LogP) is 4.13. The Balaban J connectivity index is 1.61. The van der Waals surface area contributed by atoms with Gasteiger partial charge in [-0.15, -0.1) is 0 Å². The first-order valence-corrected chi connectivity index (χ1v) is 9.42. The van der Waals surface area contributed by atoms with Gasteiger partial charge >= 0.3 is 0 Å². The fourth-order valence-electron chi connectivity index (χ4n) is 7.01. The molecule has 7 atom stereocenters. The van der Waals surface area contributed by atoms with Crippen molar-refractivity contribution in [2.24, 2.45) is 35.0 Å². The molecule has 0 heterocycles. The van der Waals surface area contributed by atoms with Crippen LogP contribution in [0.3, 0.4) is 0 Å². The molecular weight excluding hydrogens is 272 g/mol. The summed E-state index contributed by atoms with van der Waals surface area (Å²) in [5.41, 5.74) is 1.84. The van der Waals surface area contributed by atoms with Crippen LogP contribution in [-0.4, -0.2) is 17.0 Å². The van der Waals surface area contributed by atoms with Gasteiger partial charge < -0.3 is 5.11 Å². The molecule has 0 aromatic carbocycles. The molecule has 22 heavy (non-hydrogen) atoms. The van der Waals surface area contributed by atoms with Crippen LogP contribution in [0.5, 0.6) is 0 Å². The first kappa shape index (κ1) is 14.9. The molecule has 2 nitrogen and oxygen atoms in total. The van der Waals surface area contributed by atoms with Gasteiger partial charge in [-0.1, -0.05) is 12.5 Å². The molecule has 0 amide bonds. The monoisotopic (exact) mass is 302 g/mol. The molecule has 0 aromatic heterocycles. The normalized spacial score (nSPS) is 49.0. The Hall–Kier alpha value is -0.630. The Morgan fingerprint density at radius 1 is 1.14 bits per heavy atom. The zero-order valence-electron chi connectivity index (χ0n) is 14.1. The number of aliphatic hydroxyl groups excluding tert-OH is 1. The third kappa shape index (κ3) is 2.06. The maximum Gasteiger partial charge on any atom is 0.155 e. The summed E-state index contributed by atoms with van der Waals surface area (Å²) < 4.78 is 0. The van der Waals surface area contributed by atoms with Gasteiger partial charge in [-0.3, -0.25) is 4.79 Å². The van der Waals surface area contributed by atoms with E-state index in [0.717, 1.165) is 37.0 Å². The van der Waals surface area contributed by atoms with Gasteiger partial charge in [-0.2, -0.15) is 0 Å². The van der Waals surface area contributed by atoms with Crippen LogP contribution in [-0.2, 0) is 4.79 Å². The van der Waals surface area contributed by atoms with Gasteiger partial charge in [0.2, 0.25) is 0 Å². The minimum atomic E-state index is -0.155. The molecule has 0 aromatic rings. The highest BCUT2D eigenvalue weighted by molar-refractivity contribution is 5.91. The molecule has 2 heteroatoms. The molecule has 0 spiro atoms. The highest BCUT2D eigenvalue weighted by Gasteiger charge is 2.56. The Bertz CT molecular complexity index is 506. The molecule has 0 saturated heterocycles. The zero-order valence-corrected chi connectivity index (χ0v) is 14.1. The lowest BCUT2D eigenvalue weighted by molar-refractivity contribution is -0.116. The van der Waals surface area contributed by atoms with Crippen molar-refractivity contribution < 1.29 is 9.90 Å². The van der Waals surface area contributed by atoms with Crippen molar-refractivity contribution in [1.82, 2.24) is 0 Å². The van der Waals surface area contributed by atoms with E-state index in [1.54, 1.807) is 0 Å². The number of fused-ring (bicyclic) bond motifs is 5. The van der Waals surface area contributed by atoms with Crippen LogP contribution in [0, 0.1) is 35.0 Å². The molecule has 0 bridgehead atoms. The Labute approximate surface area is 134 Å². The predicted molar refractivity (Wildman–Crippen MR) is 87.3 cm³/mol. The van der Waals surface area contributed by atoms with E-state index in [9.17, 15) is 9.90 Å². The number of hydrogen-bond acceptors (Lipinski definition) is 2. The lowest BCUT2D eigenvalue weighted by atomic mass is 9.51. The van der Waals surface area contributed by atoms with Crippen molar-refractivity contribution in [1.29, 1.82) is 0 Å². The van der Waals surface area contributed by atoms with E-state index in [2.05, 4.69) is 6.92 Å². The summed E-state index contributed by atoms with van der Waals surface area (Å²) in [6, 6.07) is 0. The second-order valence-electron chi connectivity index (χ2n) is 8.77. The smallest absolute Gasteiger partial charge is 0.155 e. The van der Waals surface area contributed by atoms with Gasteiger partial charge in [0.1, 0.15) is 0 Å². The molecule has 0 unspecified atom stereocenters. The van der Waals surface area contributed by atoms with Crippen molar-refractivity contribution in [2.75, 3.05) is 0 Å². The second kappa shape index (κ2) is 5.19. The number of carbonyl (C=O) groups excluding carboxylic acids is 1. The molecule has 122 valence electrons. The summed E-state index contributed by atoms with van der Waals surface area (Å²) in [6.07, 6.45) is 11.3. The standard InChI is InChI=1S/C20H30O2/c1-12(21)18-7-8-19-17-5-3-13-11-14(22)4-6-15(13)16(17)9-10-20(18,19)2/h11-12,15-19,21H,3-10H2,1-2H3/t12-,15-,16+,17+,18-,19+,20+/m0/s1. The number of aliphatic hydroxyl groups is 1. The number of rotatable bonds is 1. The van der Waals surface area contributed by atoms with E-state index >= 15 is 0 Å². The molecule has 4 aliphatic carbocycles. The van der Waals surface area contributed by atoms with Gasteiger partial charge in [0.25, 0.3) is 0 Å². The fraction of sp³-hybridized carbons (Fsp3) is 0.850. The summed E-state index contributed by atoms with van der Waals surface area (Å²) in [4.78, 5) is 11.7. The Morgan fingerprint density at radius 3 is 2.73 bits per heavy atom. The summed E-state index contributed by atoms with van der Waals surface area (Å²) in [5, 5.41) is 10.2. The largest absolute Gasteiger partial charge is 0.393 e. The molecule has 3 saturated carbocycles. The minimum absolute atomic E-state index is 0.155. The minimum Gasteiger partial charge on any atom is -0.393 e. The molecule has 3 fully saturated rings. The maximum absolute atomic E-state index is 11.7. The van der Waals surface area contributed by atoms with Crippen LogP contribution in [0.25, 0.3) is 0 Å². The molecular formula is C20H30O2. The molecule has 4 rings (SSSR count). The van der Waals surface area contributed by atoms with Gasteiger partial charge in [0.05, 0.1) is 6.10 Å². The fourth-order valence-corrected chi connectivity index (χ4v) is 7.01. The van der Waals surface area contributed by atoms with Crippen LogP contribution in [0.2, 0.25) is 0 Å². The van der Waals surface area contributed by atoms with Crippen LogP contribution >= 0.6 is 0 Å². The van der Waals surface area contributed by atoms with Crippen molar-refractivity contribution in [3.05, 3.63) is 11.6 Å². The van der Waals surface area contributed by atoms with Gasteiger partial charge in [0, 0.05) is 6.42 Å². The highest BCUT2D eigenvalue weighted by atomic mass is 16.3. The topological polar surface area (TPSA) is 37.3 Å². The summed E-state index contributed by atoms with van der Waals surface area (Å²) in [5.74, 6) is 4.04.